The summed E-state index contributed by atoms with van der Waals surface area (Å²) in [6, 6.07) is 0. The highest BCUT2D eigenvalue weighted by Gasteiger charge is 2.26. The molecule has 0 amide bonds. The number of likely N-dealkylation sites (N-methyl/N-ethyl adjacent to an activating group) is 1. The standard InChI is InChI=1S/C35H72NO7P/c1-6-8-10-12-14-16-17-18-19-20-22-24-26-28-35(37)43-34(33-42-44(38,39)41-31-29-36(3,4)5)32-40-30-27-25-23-21-15-13-11-9-7-2/h34H,6-33H2,1-5H3/p+1. The molecule has 0 spiro atoms. The molecular formula is C35H73NO7P+. The lowest BCUT2D eigenvalue weighted by Crippen LogP contribution is -2.37. The van der Waals surface area contributed by atoms with E-state index in [1.807, 2.05) is 21.1 Å². The Morgan fingerprint density at radius 1 is 0.614 bits per heavy atom. The van der Waals surface area contributed by atoms with E-state index >= 15 is 0 Å². The van der Waals surface area contributed by atoms with Gasteiger partial charge in [-0.15, -0.1) is 0 Å². The molecule has 0 saturated heterocycles. The highest BCUT2D eigenvalue weighted by atomic mass is 31.2. The van der Waals surface area contributed by atoms with Crippen LogP contribution in [-0.4, -0.2) is 75.6 Å². The normalized spacial score (nSPS) is 14.0. The minimum atomic E-state index is -4.25. The van der Waals surface area contributed by atoms with E-state index in [0.717, 1.165) is 32.1 Å². The predicted molar refractivity (Wildman–Crippen MR) is 183 cm³/mol. The number of hydrogen-bond acceptors (Lipinski definition) is 6. The molecule has 0 rings (SSSR count). The van der Waals surface area contributed by atoms with Crippen LogP contribution in [0.1, 0.15) is 162 Å². The highest BCUT2D eigenvalue weighted by molar-refractivity contribution is 7.47. The van der Waals surface area contributed by atoms with Gasteiger partial charge in [0.05, 0.1) is 34.4 Å². The first-order valence-corrected chi connectivity index (χ1v) is 19.8. The van der Waals surface area contributed by atoms with Crippen molar-refractivity contribution in [1.29, 1.82) is 0 Å². The third-order valence-electron chi connectivity index (χ3n) is 7.92. The average Bonchev–Trinajstić information content (AvgIpc) is 2.96. The van der Waals surface area contributed by atoms with Gasteiger partial charge >= 0.3 is 13.8 Å². The van der Waals surface area contributed by atoms with Crippen molar-refractivity contribution in [3.63, 3.8) is 0 Å². The zero-order valence-electron chi connectivity index (χ0n) is 29.7. The Labute approximate surface area is 272 Å². The zero-order valence-corrected chi connectivity index (χ0v) is 30.6. The number of carbonyl (C=O) groups is 1. The van der Waals surface area contributed by atoms with E-state index < -0.39 is 13.9 Å². The fraction of sp³-hybridized carbons (Fsp3) is 0.971. The first-order valence-electron chi connectivity index (χ1n) is 18.3. The van der Waals surface area contributed by atoms with E-state index in [2.05, 4.69) is 13.8 Å². The summed E-state index contributed by atoms with van der Waals surface area (Å²) < 4.78 is 34.7. The number of hydrogen-bond donors (Lipinski definition) is 1. The molecule has 0 aliphatic carbocycles. The van der Waals surface area contributed by atoms with Crippen LogP contribution in [0.3, 0.4) is 0 Å². The number of rotatable bonds is 34. The first kappa shape index (κ1) is 43.5. The van der Waals surface area contributed by atoms with Gasteiger partial charge in [0.2, 0.25) is 0 Å². The Morgan fingerprint density at radius 2 is 1.05 bits per heavy atom. The topological polar surface area (TPSA) is 91.3 Å². The SMILES string of the molecule is CCCCCCCCCCCCCCCC(=O)OC(COCCCCCCCCCCC)COP(=O)(O)OCC[N+](C)(C)C. The lowest BCUT2D eigenvalue weighted by atomic mass is 10.0. The number of nitrogens with zero attached hydrogens (tertiary/aromatic N) is 1. The zero-order chi connectivity index (χ0) is 32.8. The van der Waals surface area contributed by atoms with Gasteiger partial charge in [-0.05, 0) is 12.8 Å². The molecule has 44 heavy (non-hydrogen) atoms. The molecule has 264 valence electrons. The molecule has 2 atom stereocenters. The van der Waals surface area contributed by atoms with E-state index in [1.54, 1.807) is 0 Å². The maximum Gasteiger partial charge on any atom is 0.472 e. The van der Waals surface area contributed by atoms with Crippen LogP contribution in [-0.2, 0) is 27.9 Å². The second-order valence-corrected chi connectivity index (χ2v) is 15.1. The maximum absolute atomic E-state index is 12.6. The largest absolute Gasteiger partial charge is 0.472 e. The van der Waals surface area contributed by atoms with Crippen molar-refractivity contribution >= 4 is 13.8 Å². The van der Waals surface area contributed by atoms with Crippen LogP contribution in [0.25, 0.3) is 0 Å². The van der Waals surface area contributed by atoms with Gasteiger partial charge in [-0.2, -0.15) is 0 Å². The smallest absolute Gasteiger partial charge is 0.457 e. The van der Waals surface area contributed by atoms with Crippen LogP contribution >= 0.6 is 7.82 Å². The number of phosphoric ester groups is 1. The molecule has 0 heterocycles. The van der Waals surface area contributed by atoms with Gasteiger partial charge in [0.15, 0.2) is 0 Å². The number of ether oxygens (including phenoxy) is 2. The minimum absolute atomic E-state index is 0.0931. The summed E-state index contributed by atoms with van der Waals surface area (Å²) in [6.07, 6.45) is 26.9. The number of esters is 1. The van der Waals surface area contributed by atoms with E-state index in [1.165, 1.54) is 109 Å². The van der Waals surface area contributed by atoms with Crippen molar-refractivity contribution < 1.29 is 37.3 Å². The summed E-state index contributed by atoms with van der Waals surface area (Å²) in [7, 11) is 1.68. The Bertz CT molecular complexity index is 686. The van der Waals surface area contributed by atoms with Crippen molar-refractivity contribution in [2.75, 3.05) is 54.1 Å². The van der Waals surface area contributed by atoms with Crippen LogP contribution in [0.2, 0.25) is 0 Å². The van der Waals surface area contributed by atoms with Gasteiger partial charge in [0.25, 0.3) is 0 Å². The Morgan fingerprint density at radius 3 is 1.50 bits per heavy atom. The molecule has 0 aromatic heterocycles. The average molecular weight is 651 g/mol. The fourth-order valence-electron chi connectivity index (χ4n) is 5.02. The molecule has 0 fully saturated rings. The second kappa shape index (κ2) is 29.9. The highest BCUT2D eigenvalue weighted by Crippen LogP contribution is 2.43. The number of quaternary nitrogens is 1. The maximum atomic E-state index is 12.6. The molecule has 0 radical (unpaired) electrons. The van der Waals surface area contributed by atoms with Crippen LogP contribution in [0.5, 0.6) is 0 Å². The van der Waals surface area contributed by atoms with Crippen LogP contribution < -0.4 is 0 Å². The molecule has 0 aromatic rings. The summed E-state index contributed by atoms with van der Waals surface area (Å²) >= 11 is 0. The first-order chi connectivity index (χ1) is 21.1. The summed E-state index contributed by atoms with van der Waals surface area (Å²) in [5.74, 6) is -0.313. The molecule has 1 N–H and O–H groups in total. The van der Waals surface area contributed by atoms with Crippen molar-refractivity contribution in [2.24, 2.45) is 0 Å². The molecule has 0 saturated carbocycles. The molecule has 0 aliphatic heterocycles. The van der Waals surface area contributed by atoms with E-state index in [-0.39, 0.29) is 25.8 Å². The van der Waals surface area contributed by atoms with Gasteiger partial charge < -0.3 is 18.9 Å². The summed E-state index contributed by atoms with van der Waals surface area (Å²) in [5, 5.41) is 0. The number of phosphoric acid groups is 1. The van der Waals surface area contributed by atoms with Crippen molar-refractivity contribution in [3.05, 3.63) is 0 Å². The lowest BCUT2D eigenvalue weighted by molar-refractivity contribution is -0.870. The monoisotopic (exact) mass is 651 g/mol. The molecule has 0 bridgehead atoms. The second-order valence-electron chi connectivity index (χ2n) is 13.6. The quantitative estimate of drug-likeness (QED) is 0.0321. The van der Waals surface area contributed by atoms with Gasteiger partial charge in [-0.3, -0.25) is 13.8 Å². The van der Waals surface area contributed by atoms with Crippen LogP contribution in [0, 0.1) is 0 Å². The molecule has 0 aromatic carbocycles. The Hall–Kier alpha value is -0.500. The number of carbonyl (C=O) groups excluding carboxylic acids is 1. The number of unbranched alkanes of at least 4 members (excludes halogenated alkanes) is 20. The fourth-order valence-corrected chi connectivity index (χ4v) is 5.76. The molecular weight excluding hydrogens is 577 g/mol. The summed E-state index contributed by atoms with van der Waals surface area (Å²) in [5.41, 5.74) is 0. The molecule has 9 heteroatoms. The minimum Gasteiger partial charge on any atom is -0.457 e. The molecule has 8 nitrogen and oxygen atoms in total. The molecule has 0 aliphatic rings. The Balaban J connectivity index is 4.28. The third-order valence-corrected chi connectivity index (χ3v) is 8.90. The van der Waals surface area contributed by atoms with Crippen molar-refractivity contribution in [1.82, 2.24) is 0 Å². The van der Waals surface area contributed by atoms with Gasteiger partial charge in [-0.25, -0.2) is 4.57 Å². The van der Waals surface area contributed by atoms with E-state index in [0.29, 0.717) is 24.1 Å². The van der Waals surface area contributed by atoms with Gasteiger partial charge in [0.1, 0.15) is 19.3 Å². The lowest BCUT2D eigenvalue weighted by Gasteiger charge is -2.24. The van der Waals surface area contributed by atoms with Gasteiger partial charge in [-0.1, -0.05) is 142 Å². The summed E-state index contributed by atoms with van der Waals surface area (Å²) in [4.78, 5) is 22.7. The van der Waals surface area contributed by atoms with Crippen LogP contribution in [0.15, 0.2) is 0 Å². The van der Waals surface area contributed by atoms with Crippen molar-refractivity contribution in [3.8, 4) is 0 Å². The van der Waals surface area contributed by atoms with Gasteiger partial charge in [0, 0.05) is 13.0 Å². The third kappa shape index (κ3) is 32.9. The summed E-state index contributed by atoms with van der Waals surface area (Å²) in [6.45, 7) is 5.62. The van der Waals surface area contributed by atoms with Crippen LogP contribution in [0.4, 0.5) is 0 Å². The van der Waals surface area contributed by atoms with Crippen molar-refractivity contribution in [2.45, 2.75) is 168 Å². The molecule has 2 unspecified atom stereocenters. The Kier molecular flexibility index (Phi) is 29.5. The van der Waals surface area contributed by atoms with E-state index in [4.69, 9.17) is 18.5 Å². The predicted octanol–water partition coefficient (Wildman–Crippen LogP) is 9.77. The van der Waals surface area contributed by atoms with E-state index in [9.17, 15) is 14.3 Å².